The van der Waals surface area contributed by atoms with Crippen LogP contribution < -0.4 is 11.1 Å². The summed E-state index contributed by atoms with van der Waals surface area (Å²) in [6.45, 7) is 8.97. The lowest BCUT2D eigenvalue weighted by atomic mass is 9.89. The summed E-state index contributed by atoms with van der Waals surface area (Å²) in [5.74, 6) is 0.842. The predicted octanol–water partition coefficient (Wildman–Crippen LogP) is 3.65. The third kappa shape index (κ3) is 5.10. The molecule has 1 heterocycles. The van der Waals surface area contributed by atoms with Crippen LogP contribution in [-0.2, 0) is 4.79 Å². The number of anilines is 1. The largest absolute Gasteiger partial charge is 0.330 e. The number of carbonyl (C=O) groups excluding carboxylic acids is 1. The number of hydrogen-bond acceptors (Lipinski definition) is 3. The van der Waals surface area contributed by atoms with Gasteiger partial charge < -0.3 is 11.1 Å². The molecule has 0 bridgehead atoms. The maximum Gasteiger partial charge on any atom is 0.238 e. The zero-order valence-corrected chi connectivity index (χ0v) is 17.2. The van der Waals surface area contributed by atoms with E-state index in [4.69, 9.17) is 5.73 Å². The maximum atomic E-state index is 12.6. The molecule has 1 aliphatic rings. The average molecular weight is 388 g/mol. The molecule has 0 radical (unpaired) electrons. The van der Waals surface area contributed by atoms with Crippen molar-refractivity contribution in [1.29, 1.82) is 0 Å². The van der Waals surface area contributed by atoms with Crippen molar-refractivity contribution in [3.63, 3.8) is 0 Å². The standard InChI is InChI=1S/C22H29N3O.ClH/c1-15-9-16(2)22(17(3)10-15)24-21(26)14-25-12-19(11-23)20(13-25)18-7-5-4-6-8-18;/h4-10,19-20H,11-14,23H2,1-3H3,(H,24,26);1H/t19-,20+;/m1./s1. The van der Waals surface area contributed by atoms with Gasteiger partial charge in [-0.3, -0.25) is 9.69 Å². The molecule has 2 aromatic rings. The molecule has 1 aliphatic heterocycles. The number of nitrogens with zero attached hydrogens (tertiary/aromatic N) is 1. The molecule has 146 valence electrons. The molecule has 0 aromatic heterocycles. The third-order valence-electron chi connectivity index (χ3n) is 5.36. The molecule has 1 fully saturated rings. The van der Waals surface area contributed by atoms with Crippen molar-refractivity contribution in [3.8, 4) is 0 Å². The molecule has 0 unspecified atom stereocenters. The average Bonchev–Trinajstić information content (AvgIpc) is 3.01. The monoisotopic (exact) mass is 387 g/mol. The van der Waals surface area contributed by atoms with Crippen molar-refractivity contribution in [2.24, 2.45) is 11.7 Å². The lowest BCUT2D eigenvalue weighted by Crippen LogP contribution is -2.32. The van der Waals surface area contributed by atoms with Crippen LogP contribution in [0, 0.1) is 26.7 Å². The summed E-state index contributed by atoms with van der Waals surface area (Å²) < 4.78 is 0. The van der Waals surface area contributed by atoms with Gasteiger partial charge in [0.25, 0.3) is 0 Å². The summed E-state index contributed by atoms with van der Waals surface area (Å²) in [5, 5.41) is 3.11. The summed E-state index contributed by atoms with van der Waals surface area (Å²) in [5.41, 5.74) is 11.7. The van der Waals surface area contributed by atoms with Crippen LogP contribution in [0.4, 0.5) is 5.69 Å². The van der Waals surface area contributed by atoms with Crippen molar-refractivity contribution >= 4 is 24.0 Å². The van der Waals surface area contributed by atoms with Gasteiger partial charge in [-0.1, -0.05) is 48.0 Å². The van der Waals surface area contributed by atoms with E-state index >= 15 is 0 Å². The Morgan fingerprint density at radius 3 is 2.33 bits per heavy atom. The number of aryl methyl sites for hydroxylation is 3. The first kappa shape index (κ1) is 21.4. The van der Waals surface area contributed by atoms with Crippen LogP contribution in [0.1, 0.15) is 28.2 Å². The quantitative estimate of drug-likeness (QED) is 0.823. The second-order valence-electron chi connectivity index (χ2n) is 7.53. The van der Waals surface area contributed by atoms with Crippen LogP contribution in [0.2, 0.25) is 0 Å². The molecule has 0 spiro atoms. The number of benzene rings is 2. The van der Waals surface area contributed by atoms with Crippen molar-refractivity contribution in [3.05, 3.63) is 64.7 Å². The van der Waals surface area contributed by atoms with Gasteiger partial charge in [0.1, 0.15) is 0 Å². The molecule has 2 aromatic carbocycles. The number of nitrogens with two attached hydrogens (primary N) is 1. The van der Waals surface area contributed by atoms with Gasteiger partial charge in [-0.2, -0.15) is 0 Å². The smallest absolute Gasteiger partial charge is 0.238 e. The van der Waals surface area contributed by atoms with Crippen LogP contribution in [0.3, 0.4) is 0 Å². The van der Waals surface area contributed by atoms with Crippen LogP contribution in [0.15, 0.2) is 42.5 Å². The van der Waals surface area contributed by atoms with Gasteiger partial charge in [-0.15, -0.1) is 12.4 Å². The fourth-order valence-corrected chi connectivity index (χ4v) is 4.17. The summed E-state index contributed by atoms with van der Waals surface area (Å²) in [6.07, 6.45) is 0. The lowest BCUT2D eigenvalue weighted by Gasteiger charge is -2.18. The second kappa shape index (κ2) is 9.36. The number of nitrogens with one attached hydrogen (secondary N) is 1. The molecule has 3 rings (SSSR count). The van der Waals surface area contributed by atoms with Crippen molar-refractivity contribution in [1.82, 2.24) is 4.90 Å². The Bertz CT molecular complexity index is 755. The van der Waals surface area contributed by atoms with Gasteiger partial charge in [-0.25, -0.2) is 0 Å². The second-order valence-corrected chi connectivity index (χ2v) is 7.53. The van der Waals surface area contributed by atoms with Crippen molar-refractivity contribution in [2.75, 3.05) is 31.5 Å². The third-order valence-corrected chi connectivity index (χ3v) is 5.36. The number of carbonyl (C=O) groups is 1. The van der Waals surface area contributed by atoms with Crippen LogP contribution in [0.5, 0.6) is 0 Å². The molecular formula is C22H30ClN3O. The highest BCUT2D eigenvalue weighted by atomic mass is 35.5. The minimum atomic E-state index is 0. The van der Waals surface area contributed by atoms with E-state index in [0.717, 1.165) is 29.9 Å². The Balaban J connectivity index is 0.00000261. The Hall–Kier alpha value is -1.88. The SMILES string of the molecule is Cc1cc(C)c(NC(=O)CN2C[C@@H](CN)[C@H](c3ccccc3)C2)c(C)c1.Cl. The van der Waals surface area contributed by atoms with Crippen LogP contribution in [-0.4, -0.2) is 37.0 Å². The van der Waals surface area contributed by atoms with Gasteiger partial charge in [-0.05, 0) is 49.9 Å². The Labute approximate surface area is 168 Å². The van der Waals surface area contributed by atoms with E-state index in [2.05, 4.69) is 53.5 Å². The molecule has 2 atom stereocenters. The van der Waals surface area contributed by atoms with E-state index in [1.54, 1.807) is 0 Å². The highest BCUT2D eigenvalue weighted by molar-refractivity contribution is 5.93. The molecule has 3 N–H and O–H groups in total. The number of hydrogen-bond donors (Lipinski definition) is 2. The Morgan fingerprint density at radius 2 is 1.74 bits per heavy atom. The van der Waals surface area contributed by atoms with E-state index < -0.39 is 0 Å². The zero-order chi connectivity index (χ0) is 18.7. The molecule has 1 saturated heterocycles. The van der Waals surface area contributed by atoms with E-state index in [1.807, 2.05) is 19.9 Å². The normalized spacial score (nSPS) is 19.6. The molecule has 0 saturated carbocycles. The van der Waals surface area contributed by atoms with Crippen LogP contribution in [0.25, 0.3) is 0 Å². The van der Waals surface area contributed by atoms with E-state index in [-0.39, 0.29) is 18.3 Å². The maximum absolute atomic E-state index is 12.6. The highest BCUT2D eigenvalue weighted by Gasteiger charge is 2.33. The summed E-state index contributed by atoms with van der Waals surface area (Å²) >= 11 is 0. The first-order valence-corrected chi connectivity index (χ1v) is 9.33. The molecule has 5 heteroatoms. The molecule has 27 heavy (non-hydrogen) atoms. The number of rotatable bonds is 5. The number of amides is 1. The van der Waals surface area contributed by atoms with E-state index in [0.29, 0.717) is 24.9 Å². The van der Waals surface area contributed by atoms with Gasteiger partial charge in [0.05, 0.1) is 6.54 Å². The van der Waals surface area contributed by atoms with Gasteiger partial charge in [0, 0.05) is 24.7 Å². The van der Waals surface area contributed by atoms with Crippen LogP contribution >= 0.6 is 12.4 Å². The molecule has 1 amide bonds. The zero-order valence-electron chi connectivity index (χ0n) is 16.4. The highest BCUT2D eigenvalue weighted by Crippen LogP contribution is 2.32. The van der Waals surface area contributed by atoms with Crippen molar-refractivity contribution in [2.45, 2.75) is 26.7 Å². The Morgan fingerprint density at radius 1 is 1.11 bits per heavy atom. The first-order valence-electron chi connectivity index (χ1n) is 9.33. The van der Waals surface area contributed by atoms with Gasteiger partial charge in [0.15, 0.2) is 0 Å². The summed E-state index contributed by atoms with van der Waals surface area (Å²) in [6, 6.07) is 14.7. The lowest BCUT2D eigenvalue weighted by molar-refractivity contribution is -0.117. The molecule has 4 nitrogen and oxygen atoms in total. The van der Waals surface area contributed by atoms with Gasteiger partial charge in [0.2, 0.25) is 5.91 Å². The van der Waals surface area contributed by atoms with E-state index in [9.17, 15) is 4.79 Å². The first-order chi connectivity index (χ1) is 12.5. The summed E-state index contributed by atoms with van der Waals surface area (Å²) in [7, 11) is 0. The fraction of sp³-hybridized carbons (Fsp3) is 0.409. The molecule has 0 aliphatic carbocycles. The topological polar surface area (TPSA) is 58.4 Å². The number of halogens is 1. The van der Waals surface area contributed by atoms with Gasteiger partial charge >= 0.3 is 0 Å². The Kier molecular flexibility index (Phi) is 7.42. The minimum Gasteiger partial charge on any atom is -0.330 e. The van der Waals surface area contributed by atoms with E-state index in [1.165, 1.54) is 11.1 Å². The van der Waals surface area contributed by atoms with Crippen molar-refractivity contribution < 1.29 is 4.79 Å². The predicted molar refractivity (Wildman–Crippen MR) is 115 cm³/mol. The fourth-order valence-electron chi connectivity index (χ4n) is 4.17. The summed E-state index contributed by atoms with van der Waals surface area (Å²) in [4.78, 5) is 14.8. The minimum absolute atomic E-state index is 0. The molecular weight excluding hydrogens is 358 g/mol. The number of likely N-dealkylation sites (tertiary alicyclic amines) is 1.